The van der Waals surface area contributed by atoms with Crippen LogP contribution in [0.15, 0.2) is 48.1 Å². The summed E-state index contributed by atoms with van der Waals surface area (Å²) in [6.07, 6.45) is 9.10. The molecule has 0 bridgehead atoms. The van der Waals surface area contributed by atoms with Crippen LogP contribution in [0.5, 0.6) is 0 Å². The fourth-order valence-corrected chi connectivity index (χ4v) is 5.81. The number of fused-ring (bicyclic) bond motifs is 1. The third kappa shape index (κ3) is 5.45. The molecule has 196 valence electrons. The summed E-state index contributed by atoms with van der Waals surface area (Å²) in [5.74, 6) is -0.107. The van der Waals surface area contributed by atoms with Gasteiger partial charge in [0, 0.05) is 64.9 Å². The minimum absolute atomic E-state index is 0.0595. The molecule has 38 heavy (non-hydrogen) atoms. The van der Waals surface area contributed by atoms with Gasteiger partial charge in [0.2, 0.25) is 11.8 Å². The van der Waals surface area contributed by atoms with Crippen molar-refractivity contribution in [3.8, 4) is 10.6 Å². The van der Waals surface area contributed by atoms with E-state index in [1.54, 1.807) is 29.7 Å². The molecule has 4 aromatic rings. The molecular formula is C28H30N6O3S. The van der Waals surface area contributed by atoms with Gasteiger partial charge in [-0.05, 0) is 43.5 Å². The highest BCUT2D eigenvalue weighted by Gasteiger charge is 2.25. The van der Waals surface area contributed by atoms with Crippen LogP contribution in [0.2, 0.25) is 0 Å². The number of aromatic nitrogens is 3. The molecule has 1 fully saturated rings. The number of hydrogen-bond acceptors (Lipinski definition) is 6. The lowest BCUT2D eigenvalue weighted by atomic mass is 9.88. The SMILES string of the molecule is CN(C(=O)C1CCCCC1)c1ccc2c(CCC(N)=O)c(NC(=O)c3csc(-c4ccncc4)n3)[nH]c2c1. The Morgan fingerprint density at radius 3 is 2.63 bits per heavy atom. The predicted molar refractivity (Wildman–Crippen MR) is 149 cm³/mol. The number of amides is 3. The summed E-state index contributed by atoms with van der Waals surface area (Å²) in [6.45, 7) is 0. The summed E-state index contributed by atoms with van der Waals surface area (Å²) in [7, 11) is 1.81. The molecular weight excluding hydrogens is 500 g/mol. The number of thiazole rings is 1. The average molecular weight is 531 g/mol. The normalized spacial score (nSPS) is 13.9. The maximum atomic E-state index is 13.1. The van der Waals surface area contributed by atoms with Crippen LogP contribution < -0.4 is 16.0 Å². The second kappa shape index (κ2) is 11.1. The highest BCUT2D eigenvalue weighted by atomic mass is 32.1. The number of aryl methyl sites for hydroxylation is 1. The Bertz CT molecular complexity index is 1470. The lowest BCUT2D eigenvalue weighted by Gasteiger charge is -2.26. The Morgan fingerprint density at radius 2 is 1.89 bits per heavy atom. The van der Waals surface area contributed by atoms with E-state index in [1.807, 2.05) is 30.3 Å². The van der Waals surface area contributed by atoms with E-state index in [1.165, 1.54) is 17.8 Å². The number of rotatable bonds is 8. The maximum Gasteiger partial charge on any atom is 0.276 e. The number of hydrogen-bond donors (Lipinski definition) is 3. The molecule has 0 aliphatic heterocycles. The molecule has 4 N–H and O–H groups in total. The molecule has 9 nitrogen and oxygen atoms in total. The number of nitrogens with zero attached hydrogens (tertiary/aromatic N) is 3. The van der Waals surface area contributed by atoms with Gasteiger partial charge < -0.3 is 20.9 Å². The zero-order valence-electron chi connectivity index (χ0n) is 21.2. The molecule has 3 amide bonds. The number of nitrogens with one attached hydrogen (secondary N) is 2. The maximum absolute atomic E-state index is 13.1. The monoisotopic (exact) mass is 530 g/mol. The summed E-state index contributed by atoms with van der Waals surface area (Å²) in [5, 5.41) is 6.22. The quantitative estimate of drug-likeness (QED) is 0.298. The molecule has 0 spiro atoms. The Hall–Kier alpha value is -4.05. The second-order valence-corrected chi connectivity index (χ2v) is 10.5. The largest absolute Gasteiger partial charge is 0.370 e. The van der Waals surface area contributed by atoms with Crippen molar-refractivity contribution in [1.82, 2.24) is 15.0 Å². The van der Waals surface area contributed by atoms with Crippen LogP contribution in [-0.4, -0.2) is 39.7 Å². The minimum Gasteiger partial charge on any atom is -0.370 e. The molecule has 5 rings (SSSR count). The van der Waals surface area contributed by atoms with Crippen LogP contribution in [0, 0.1) is 5.92 Å². The van der Waals surface area contributed by atoms with E-state index in [9.17, 15) is 14.4 Å². The number of anilines is 2. The van der Waals surface area contributed by atoms with E-state index in [0.29, 0.717) is 17.9 Å². The number of benzene rings is 1. The van der Waals surface area contributed by atoms with Crippen LogP contribution >= 0.6 is 11.3 Å². The first-order valence-corrected chi connectivity index (χ1v) is 13.7. The molecule has 0 saturated heterocycles. The fourth-order valence-electron chi connectivity index (χ4n) is 5.00. The van der Waals surface area contributed by atoms with E-state index >= 15 is 0 Å². The molecule has 1 aliphatic carbocycles. The van der Waals surface area contributed by atoms with Gasteiger partial charge in [-0.1, -0.05) is 25.3 Å². The summed E-state index contributed by atoms with van der Waals surface area (Å²) in [4.78, 5) is 51.3. The van der Waals surface area contributed by atoms with Crippen molar-refractivity contribution >= 4 is 51.5 Å². The number of carbonyl (C=O) groups is 3. The summed E-state index contributed by atoms with van der Waals surface area (Å²) < 4.78 is 0. The van der Waals surface area contributed by atoms with Crippen molar-refractivity contribution in [3.05, 3.63) is 59.4 Å². The lowest BCUT2D eigenvalue weighted by molar-refractivity contribution is -0.123. The van der Waals surface area contributed by atoms with Gasteiger partial charge in [-0.25, -0.2) is 4.98 Å². The highest BCUT2D eigenvalue weighted by molar-refractivity contribution is 7.13. The molecule has 0 unspecified atom stereocenters. The van der Waals surface area contributed by atoms with E-state index < -0.39 is 5.91 Å². The highest BCUT2D eigenvalue weighted by Crippen LogP contribution is 2.33. The molecule has 3 heterocycles. The second-order valence-electron chi connectivity index (χ2n) is 9.63. The van der Waals surface area contributed by atoms with Crippen LogP contribution in [0.1, 0.15) is 54.6 Å². The Labute approximate surface area is 224 Å². The smallest absolute Gasteiger partial charge is 0.276 e. The van der Waals surface area contributed by atoms with Gasteiger partial charge in [0.15, 0.2) is 0 Å². The molecule has 10 heteroatoms. The van der Waals surface area contributed by atoms with Gasteiger partial charge in [-0.2, -0.15) is 0 Å². The van der Waals surface area contributed by atoms with Gasteiger partial charge in [-0.15, -0.1) is 11.3 Å². The number of H-pyrrole nitrogens is 1. The van der Waals surface area contributed by atoms with Gasteiger partial charge >= 0.3 is 0 Å². The van der Waals surface area contributed by atoms with Crippen LogP contribution in [-0.2, 0) is 16.0 Å². The number of aromatic amines is 1. The molecule has 0 atom stereocenters. The predicted octanol–water partition coefficient (Wildman–Crippen LogP) is 4.90. The van der Waals surface area contributed by atoms with Crippen LogP contribution in [0.4, 0.5) is 11.5 Å². The van der Waals surface area contributed by atoms with Gasteiger partial charge in [0.1, 0.15) is 16.5 Å². The molecule has 0 radical (unpaired) electrons. The Morgan fingerprint density at radius 1 is 1.13 bits per heavy atom. The zero-order valence-corrected chi connectivity index (χ0v) is 22.0. The van der Waals surface area contributed by atoms with Crippen LogP contribution in [0.3, 0.4) is 0 Å². The first-order valence-electron chi connectivity index (χ1n) is 12.8. The van der Waals surface area contributed by atoms with Gasteiger partial charge in [0.05, 0.1) is 0 Å². The van der Waals surface area contributed by atoms with E-state index in [0.717, 1.165) is 58.4 Å². The number of pyridine rings is 1. The van der Waals surface area contributed by atoms with Gasteiger partial charge in [0.25, 0.3) is 5.91 Å². The first-order chi connectivity index (χ1) is 18.4. The number of nitrogens with two attached hydrogens (primary N) is 1. The average Bonchev–Trinajstić information content (AvgIpc) is 3.57. The molecule has 1 saturated carbocycles. The van der Waals surface area contributed by atoms with Crippen molar-refractivity contribution in [2.45, 2.75) is 44.9 Å². The first kappa shape index (κ1) is 25.6. The van der Waals surface area contributed by atoms with E-state index in [4.69, 9.17) is 5.73 Å². The summed E-state index contributed by atoms with van der Waals surface area (Å²) >= 11 is 1.38. The Balaban J connectivity index is 1.41. The zero-order chi connectivity index (χ0) is 26.6. The standard InChI is InChI=1S/C28H30N6O3S/c1-34(28(37)18-5-3-2-4-6-18)19-7-8-20-21(9-10-24(29)35)25(31-22(20)15-19)33-26(36)23-16-38-27(32-23)17-11-13-30-14-12-17/h7-8,11-16,18,31H,2-6,9-10H2,1H3,(H2,29,35)(H,33,36). The summed E-state index contributed by atoms with van der Waals surface area (Å²) in [6, 6.07) is 9.41. The van der Waals surface area contributed by atoms with Crippen molar-refractivity contribution in [3.63, 3.8) is 0 Å². The minimum atomic E-state index is -0.424. The van der Waals surface area contributed by atoms with Crippen molar-refractivity contribution in [1.29, 1.82) is 0 Å². The molecule has 1 aromatic carbocycles. The van der Waals surface area contributed by atoms with Gasteiger partial charge in [-0.3, -0.25) is 19.4 Å². The molecule has 3 aromatic heterocycles. The van der Waals surface area contributed by atoms with Crippen molar-refractivity contribution in [2.75, 3.05) is 17.3 Å². The summed E-state index contributed by atoms with van der Waals surface area (Å²) in [5.41, 5.74) is 8.92. The van der Waals surface area contributed by atoms with Crippen LogP contribution in [0.25, 0.3) is 21.5 Å². The van der Waals surface area contributed by atoms with E-state index in [-0.39, 0.29) is 24.2 Å². The Kier molecular flexibility index (Phi) is 7.50. The molecule has 1 aliphatic rings. The number of primary amides is 1. The van der Waals surface area contributed by atoms with E-state index in [2.05, 4.69) is 20.3 Å². The topological polar surface area (TPSA) is 134 Å². The lowest BCUT2D eigenvalue weighted by Crippen LogP contribution is -2.33. The van der Waals surface area contributed by atoms with Crippen molar-refractivity contribution in [2.24, 2.45) is 11.7 Å². The fraction of sp³-hybridized carbons (Fsp3) is 0.321. The number of carbonyl (C=O) groups excluding carboxylic acids is 3. The third-order valence-electron chi connectivity index (χ3n) is 7.09. The van der Waals surface area contributed by atoms with Crippen molar-refractivity contribution < 1.29 is 14.4 Å². The third-order valence-corrected chi connectivity index (χ3v) is 7.98.